The predicted octanol–water partition coefficient (Wildman–Crippen LogP) is 1.46. The van der Waals surface area contributed by atoms with E-state index in [0.717, 1.165) is 13.1 Å². The molecule has 0 N–H and O–H groups in total. The Bertz CT molecular complexity index is 248. The third-order valence-corrected chi connectivity index (χ3v) is 2.76. The van der Waals surface area contributed by atoms with Crippen molar-refractivity contribution in [2.24, 2.45) is 0 Å². The third-order valence-electron chi connectivity index (χ3n) is 2.76. The quantitative estimate of drug-likeness (QED) is 0.624. The average molecular weight is 196 g/mol. The molecule has 0 saturated carbocycles. The number of amides is 1. The molecule has 0 aromatic rings. The topological polar surface area (TPSA) is 23.6 Å². The SMILES string of the molecule is C=C1C(=O)N(C(C)C)C(C)CN1CC. The zero-order valence-corrected chi connectivity index (χ0v) is 9.58. The van der Waals surface area contributed by atoms with Crippen LogP contribution in [0, 0.1) is 0 Å². The summed E-state index contributed by atoms with van der Waals surface area (Å²) >= 11 is 0. The molecule has 1 heterocycles. The lowest BCUT2D eigenvalue weighted by molar-refractivity contribution is -0.136. The van der Waals surface area contributed by atoms with Crippen LogP contribution in [0.15, 0.2) is 12.3 Å². The summed E-state index contributed by atoms with van der Waals surface area (Å²) in [5, 5.41) is 0. The second-order valence-electron chi connectivity index (χ2n) is 4.14. The van der Waals surface area contributed by atoms with E-state index in [1.807, 2.05) is 23.6 Å². The van der Waals surface area contributed by atoms with Crippen LogP contribution in [0.4, 0.5) is 0 Å². The predicted molar refractivity (Wildman–Crippen MR) is 57.8 cm³/mol. The third kappa shape index (κ3) is 1.76. The van der Waals surface area contributed by atoms with E-state index in [0.29, 0.717) is 5.70 Å². The Labute approximate surface area is 86.4 Å². The Morgan fingerprint density at radius 1 is 1.57 bits per heavy atom. The molecule has 3 nitrogen and oxygen atoms in total. The fourth-order valence-corrected chi connectivity index (χ4v) is 2.06. The second kappa shape index (κ2) is 4.03. The van der Waals surface area contributed by atoms with Gasteiger partial charge >= 0.3 is 0 Å². The molecular formula is C11H20N2O. The largest absolute Gasteiger partial charge is 0.366 e. The van der Waals surface area contributed by atoms with Gasteiger partial charge in [-0.25, -0.2) is 0 Å². The summed E-state index contributed by atoms with van der Waals surface area (Å²) in [4.78, 5) is 15.9. The maximum Gasteiger partial charge on any atom is 0.270 e. The molecule has 1 fully saturated rings. The van der Waals surface area contributed by atoms with Gasteiger partial charge in [0.1, 0.15) is 0 Å². The second-order valence-corrected chi connectivity index (χ2v) is 4.14. The summed E-state index contributed by atoms with van der Waals surface area (Å²) in [5.41, 5.74) is 0.638. The van der Waals surface area contributed by atoms with Crippen molar-refractivity contribution in [2.75, 3.05) is 13.1 Å². The van der Waals surface area contributed by atoms with Crippen molar-refractivity contribution in [3.63, 3.8) is 0 Å². The van der Waals surface area contributed by atoms with Crippen molar-refractivity contribution >= 4 is 5.91 Å². The van der Waals surface area contributed by atoms with Crippen molar-refractivity contribution in [1.82, 2.24) is 9.80 Å². The molecule has 0 radical (unpaired) electrons. The van der Waals surface area contributed by atoms with Gasteiger partial charge in [-0.1, -0.05) is 6.58 Å². The molecule has 1 saturated heterocycles. The number of hydrogen-bond acceptors (Lipinski definition) is 2. The van der Waals surface area contributed by atoms with E-state index in [4.69, 9.17) is 0 Å². The molecule has 0 aromatic carbocycles. The average Bonchev–Trinajstić information content (AvgIpc) is 2.10. The molecule has 0 aliphatic carbocycles. The van der Waals surface area contributed by atoms with Crippen LogP contribution in [0.5, 0.6) is 0 Å². The highest BCUT2D eigenvalue weighted by molar-refractivity contribution is 5.93. The molecule has 1 atom stereocenters. The summed E-state index contributed by atoms with van der Waals surface area (Å²) < 4.78 is 0. The first kappa shape index (κ1) is 11.1. The van der Waals surface area contributed by atoms with Crippen LogP contribution in [-0.2, 0) is 4.79 Å². The minimum atomic E-state index is 0.0839. The van der Waals surface area contributed by atoms with E-state index in [1.165, 1.54) is 0 Å². The van der Waals surface area contributed by atoms with Crippen LogP contribution in [-0.4, -0.2) is 40.9 Å². The number of likely N-dealkylation sites (N-methyl/N-ethyl adjacent to an activating group) is 1. The van der Waals surface area contributed by atoms with Gasteiger partial charge in [-0.15, -0.1) is 0 Å². The molecule has 14 heavy (non-hydrogen) atoms. The van der Waals surface area contributed by atoms with Gasteiger partial charge in [-0.05, 0) is 27.7 Å². The van der Waals surface area contributed by atoms with E-state index in [2.05, 4.69) is 20.4 Å². The summed E-state index contributed by atoms with van der Waals surface area (Å²) in [6.07, 6.45) is 0. The monoisotopic (exact) mass is 196 g/mol. The molecule has 0 aromatic heterocycles. The Morgan fingerprint density at radius 3 is 2.57 bits per heavy atom. The van der Waals surface area contributed by atoms with Gasteiger partial charge in [0.2, 0.25) is 0 Å². The van der Waals surface area contributed by atoms with Gasteiger partial charge < -0.3 is 9.80 Å². The molecule has 1 amide bonds. The van der Waals surface area contributed by atoms with E-state index < -0.39 is 0 Å². The Hall–Kier alpha value is -0.990. The van der Waals surface area contributed by atoms with Gasteiger partial charge in [-0.3, -0.25) is 4.79 Å². The standard InChI is InChI=1S/C11H20N2O/c1-6-12-7-9(4)13(8(2)3)11(14)10(12)5/h8-9H,5-7H2,1-4H3. The summed E-state index contributed by atoms with van der Waals surface area (Å²) in [5.74, 6) is 0.0839. The molecule has 80 valence electrons. The lowest BCUT2D eigenvalue weighted by Crippen LogP contribution is -2.55. The Morgan fingerprint density at radius 2 is 2.14 bits per heavy atom. The lowest BCUT2D eigenvalue weighted by atomic mass is 10.1. The van der Waals surface area contributed by atoms with Crippen LogP contribution in [0.25, 0.3) is 0 Å². The van der Waals surface area contributed by atoms with Crippen molar-refractivity contribution in [3.05, 3.63) is 12.3 Å². The smallest absolute Gasteiger partial charge is 0.270 e. The van der Waals surface area contributed by atoms with Crippen LogP contribution >= 0.6 is 0 Å². The number of hydrogen-bond donors (Lipinski definition) is 0. The summed E-state index contributed by atoms with van der Waals surface area (Å²) in [6.45, 7) is 13.8. The fraction of sp³-hybridized carbons (Fsp3) is 0.727. The molecule has 1 aliphatic rings. The molecule has 0 bridgehead atoms. The zero-order valence-electron chi connectivity index (χ0n) is 9.58. The number of rotatable bonds is 2. The normalized spacial score (nSPS) is 23.6. The highest BCUT2D eigenvalue weighted by atomic mass is 16.2. The van der Waals surface area contributed by atoms with Gasteiger partial charge in [0.25, 0.3) is 5.91 Å². The Balaban J connectivity index is 2.85. The molecule has 0 spiro atoms. The maximum absolute atomic E-state index is 11.9. The fourth-order valence-electron chi connectivity index (χ4n) is 2.06. The van der Waals surface area contributed by atoms with Crippen molar-refractivity contribution in [1.29, 1.82) is 0 Å². The van der Waals surface area contributed by atoms with E-state index in [-0.39, 0.29) is 18.0 Å². The lowest BCUT2D eigenvalue weighted by Gasteiger charge is -2.43. The van der Waals surface area contributed by atoms with Gasteiger partial charge in [0.05, 0.1) is 5.70 Å². The van der Waals surface area contributed by atoms with E-state index in [1.54, 1.807) is 0 Å². The minimum absolute atomic E-state index is 0.0839. The molecule has 1 rings (SSSR count). The number of piperazine rings is 1. The van der Waals surface area contributed by atoms with Gasteiger partial charge in [0, 0.05) is 25.2 Å². The van der Waals surface area contributed by atoms with E-state index >= 15 is 0 Å². The summed E-state index contributed by atoms with van der Waals surface area (Å²) in [6, 6.07) is 0.543. The molecule has 1 aliphatic heterocycles. The van der Waals surface area contributed by atoms with Crippen LogP contribution in [0.1, 0.15) is 27.7 Å². The number of carbonyl (C=O) groups is 1. The highest BCUT2D eigenvalue weighted by Crippen LogP contribution is 2.20. The van der Waals surface area contributed by atoms with Crippen molar-refractivity contribution < 1.29 is 4.79 Å². The van der Waals surface area contributed by atoms with Crippen LogP contribution in [0.3, 0.4) is 0 Å². The zero-order chi connectivity index (χ0) is 10.9. The minimum Gasteiger partial charge on any atom is -0.366 e. The number of nitrogens with zero attached hydrogens (tertiary/aromatic N) is 2. The van der Waals surface area contributed by atoms with Crippen LogP contribution < -0.4 is 0 Å². The van der Waals surface area contributed by atoms with Crippen molar-refractivity contribution in [2.45, 2.75) is 39.8 Å². The number of carbonyl (C=O) groups excluding carboxylic acids is 1. The van der Waals surface area contributed by atoms with Gasteiger partial charge in [0.15, 0.2) is 0 Å². The van der Waals surface area contributed by atoms with Crippen LogP contribution in [0.2, 0.25) is 0 Å². The molecular weight excluding hydrogens is 176 g/mol. The molecule has 1 unspecified atom stereocenters. The van der Waals surface area contributed by atoms with Gasteiger partial charge in [-0.2, -0.15) is 0 Å². The maximum atomic E-state index is 11.9. The first-order valence-electron chi connectivity index (χ1n) is 5.25. The Kier molecular flexibility index (Phi) is 3.19. The molecule has 3 heteroatoms. The first-order chi connectivity index (χ1) is 6.49. The van der Waals surface area contributed by atoms with Crippen molar-refractivity contribution in [3.8, 4) is 0 Å². The first-order valence-corrected chi connectivity index (χ1v) is 5.25. The van der Waals surface area contributed by atoms with E-state index in [9.17, 15) is 4.79 Å². The summed E-state index contributed by atoms with van der Waals surface area (Å²) in [7, 11) is 0. The highest BCUT2D eigenvalue weighted by Gasteiger charge is 2.33.